The summed E-state index contributed by atoms with van der Waals surface area (Å²) >= 11 is 0. The van der Waals surface area contributed by atoms with Gasteiger partial charge in [-0.25, -0.2) is 0 Å². The van der Waals surface area contributed by atoms with E-state index in [-0.39, 0.29) is 34.0 Å². The fourth-order valence-corrected chi connectivity index (χ4v) is 2.94. The molecule has 0 aliphatic heterocycles. The molecule has 0 unspecified atom stereocenters. The van der Waals surface area contributed by atoms with Gasteiger partial charge in [0.1, 0.15) is 5.76 Å². The zero-order chi connectivity index (χ0) is 21.1. The van der Waals surface area contributed by atoms with Crippen molar-refractivity contribution in [3.05, 3.63) is 40.6 Å². The van der Waals surface area contributed by atoms with Crippen molar-refractivity contribution >= 4 is 16.9 Å². The number of hydrogen-bond acceptors (Lipinski definition) is 8. The lowest BCUT2D eigenvalue weighted by molar-refractivity contribution is -0.132. The van der Waals surface area contributed by atoms with E-state index in [4.69, 9.17) is 28.1 Å². The van der Waals surface area contributed by atoms with Crippen LogP contribution in [0.15, 0.2) is 39.5 Å². The molecule has 0 N–H and O–H groups in total. The first-order valence-corrected chi connectivity index (χ1v) is 8.57. The van der Waals surface area contributed by atoms with E-state index in [1.807, 2.05) is 0 Å². The van der Waals surface area contributed by atoms with Gasteiger partial charge in [0.05, 0.1) is 33.8 Å². The molecule has 0 aliphatic rings. The van der Waals surface area contributed by atoms with Gasteiger partial charge in [0.25, 0.3) is 0 Å². The third-order valence-electron chi connectivity index (χ3n) is 4.23. The number of hydrogen-bond donors (Lipinski definition) is 0. The molecule has 152 valence electrons. The van der Waals surface area contributed by atoms with Crippen LogP contribution in [-0.2, 0) is 4.79 Å². The molecule has 2 aromatic carbocycles. The molecule has 1 aromatic heterocycles. The summed E-state index contributed by atoms with van der Waals surface area (Å²) in [6.07, 6.45) is 0. The SMILES string of the molecule is COc1cc(-c2cc(=O)c3ccc(OC)c(OC)c3o2)cc(OC)c1OC(C)=O. The van der Waals surface area contributed by atoms with E-state index in [9.17, 15) is 9.59 Å². The van der Waals surface area contributed by atoms with E-state index in [0.717, 1.165) is 0 Å². The van der Waals surface area contributed by atoms with Crippen LogP contribution in [0.4, 0.5) is 0 Å². The van der Waals surface area contributed by atoms with E-state index in [1.165, 1.54) is 41.4 Å². The van der Waals surface area contributed by atoms with E-state index < -0.39 is 5.97 Å². The van der Waals surface area contributed by atoms with Gasteiger partial charge in [-0.15, -0.1) is 0 Å². The predicted molar refractivity (Wildman–Crippen MR) is 105 cm³/mol. The monoisotopic (exact) mass is 400 g/mol. The summed E-state index contributed by atoms with van der Waals surface area (Å²) in [4.78, 5) is 24.1. The zero-order valence-electron chi connectivity index (χ0n) is 16.7. The quantitative estimate of drug-likeness (QED) is 0.459. The van der Waals surface area contributed by atoms with Gasteiger partial charge >= 0.3 is 5.97 Å². The molecule has 0 spiro atoms. The van der Waals surface area contributed by atoms with Crippen molar-refractivity contribution in [1.29, 1.82) is 0 Å². The summed E-state index contributed by atoms with van der Waals surface area (Å²) in [5.41, 5.74) is 0.471. The Morgan fingerprint density at radius 1 is 0.828 bits per heavy atom. The largest absolute Gasteiger partial charge is 0.493 e. The molecule has 3 aromatic rings. The highest BCUT2D eigenvalue weighted by atomic mass is 16.6. The van der Waals surface area contributed by atoms with E-state index in [0.29, 0.717) is 22.4 Å². The summed E-state index contributed by atoms with van der Waals surface area (Å²) in [6.45, 7) is 1.27. The third kappa shape index (κ3) is 3.69. The Labute approximate surface area is 166 Å². The van der Waals surface area contributed by atoms with Crippen molar-refractivity contribution in [1.82, 2.24) is 0 Å². The second kappa shape index (κ2) is 8.14. The summed E-state index contributed by atoms with van der Waals surface area (Å²) in [7, 11) is 5.81. The summed E-state index contributed by atoms with van der Waals surface area (Å²) < 4.78 is 32.5. The predicted octanol–water partition coefficient (Wildman–Crippen LogP) is 3.42. The molecular formula is C21H20O8. The number of benzene rings is 2. The van der Waals surface area contributed by atoms with Crippen molar-refractivity contribution in [2.45, 2.75) is 6.92 Å². The minimum Gasteiger partial charge on any atom is -0.493 e. The minimum absolute atomic E-state index is 0.133. The number of ether oxygens (including phenoxy) is 5. The maximum absolute atomic E-state index is 12.7. The van der Waals surface area contributed by atoms with Crippen LogP contribution in [0.5, 0.6) is 28.7 Å². The van der Waals surface area contributed by atoms with Crippen LogP contribution >= 0.6 is 0 Å². The average molecular weight is 400 g/mol. The molecule has 0 saturated carbocycles. The number of methoxy groups -OCH3 is 4. The highest BCUT2D eigenvalue weighted by molar-refractivity contribution is 5.87. The van der Waals surface area contributed by atoms with Gasteiger partial charge in [0.15, 0.2) is 28.3 Å². The molecule has 0 bridgehead atoms. The van der Waals surface area contributed by atoms with Gasteiger partial charge < -0.3 is 28.1 Å². The number of rotatable bonds is 6. The topological polar surface area (TPSA) is 93.4 Å². The molecule has 0 aliphatic carbocycles. The third-order valence-corrected chi connectivity index (χ3v) is 4.23. The number of carbonyl (C=O) groups is 1. The van der Waals surface area contributed by atoms with Gasteiger partial charge in [-0.2, -0.15) is 0 Å². The minimum atomic E-state index is -0.525. The first-order valence-electron chi connectivity index (χ1n) is 8.57. The van der Waals surface area contributed by atoms with Crippen molar-refractivity contribution in [3.63, 3.8) is 0 Å². The lowest BCUT2D eigenvalue weighted by Gasteiger charge is -2.15. The van der Waals surface area contributed by atoms with Crippen LogP contribution < -0.4 is 29.1 Å². The van der Waals surface area contributed by atoms with Crippen molar-refractivity contribution in [2.24, 2.45) is 0 Å². The van der Waals surface area contributed by atoms with Gasteiger partial charge in [-0.3, -0.25) is 9.59 Å². The molecule has 8 heteroatoms. The standard InChI is InChI=1S/C21H20O8/c1-11(22)28-20-17(25-3)8-12(9-18(20)26-4)16-10-14(23)13-6-7-15(24-2)21(27-5)19(13)29-16/h6-10H,1-5H3. The molecule has 0 radical (unpaired) electrons. The van der Waals surface area contributed by atoms with E-state index >= 15 is 0 Å². The number of esters is 1. The Kier molecular flexibility index (Phi) is 5.63. The second-order valence-corrected chi connectivity index (χ2v) is 5.96. The van der Waals surface area contributed by atoms with Crippen molar-refractivity contribution in [2.75, 3.05) is 28.4 Å². The molecule has 1 heterocycles. The normalized spacial score (nSPS) is 10.5. The maximum atomic E-state index is 12.7. The fourth-order valence-electron chi connectivity index (χ4n) is 2.94. The number of carbonyl (C=O) groups excluding carboxylic acids is 1. The lowest BCUT2D eigenvalue weighted by Crippen LogP contribution is -2.06. The van der Waals surface area contributed by atoms with Crippen molar-refractivity contribution < 1.29 is 32.9 Å². The van der Waals surface area contributed by atoms with Crippen molar-refractivity contribution in [3.8, 4) is 40.1 Å². The first kappa shape index (κ1) is 20.1. The summed E-state index contributed by atoms with van der Waals surface area (Å²) in [5.74, 6) is 1.09. The van der Waals surface area contributed by atoms with Gasteiger partial charge in [0, 0.05) is 18.6 Å². The Balaban J connectivity index is 2.27. The first-order chi connectivity index (χ1) is 13.9. The molecule has 0 amide bonds. The fraction of sp³-hybridized carbons (Fsp3) is 0.238. The average Bonchev–Trinajstić information content (AvgIpc) is 2.72. The Morgan fingerprint density at radius 3 is 1.97 bits per heavy atom. The number of fused-ring (bicyclic) bond motifs is 1. The second-order valence-electron chi connectivity index (χ2n) is 5.96. The van der Waals surface area contributed by atoms with Crippen LogP contribution in [0.1, 0.15) is 6.92 Å². The molecule has 29 heavy (non-hydrogen) atoms. The van der Waals surface area contributed by atoms with E-state index in [2.05, 4.69) is 0 Å². The Morgan fingerprint density at radius 2 is 1.45 bits per heavy atom. The highest BCUT2D eigenvalue weighted by Crippen LogP contribution is 2.42. The summed E-state index contributed by atoms with van der Waals surface area (Å²) in [5, 5.41) is 0.349. The Hall–Kier alpha value is -3.68. The van der Waals surface area contributed by atoms with E-state index in [1.54, 1.807) is 24.3 Å². The van der Waals surface area contributed by atoms with Crippen LogP contribution in [0.2, 0.25) is 0 Å². The van der Waals surface area contributed by atoms with Crippen LogP contribution in [0, 0.1) is 0 Å². The molecule has 8 nitrogen and oxygen atoms in total. The smallest absolute Gasteiger partial charge is 0.308 e. The van der Waals surface area contributed by atoms with Gasteiger partial charge in [-0.05, 0) is 24.3 Å². The van der Waals surface area contributed by atoms with Crippen LogP contribution in [0.3, 0.4) is 0 Å². The molecule has 0 saturated heterocycles. The molecule has 0 atom stereocenters. The molecular weight excluding hydrogens is 380 g/mol. The Bertz CT molecular complexity index is 1100. The van der Waals surface area contributed by atoms with Crippen LogP contribution in [0.25, 0.3) is 22.3 Å². The van der Waals surface area contributed by atoms with Crippen LogP contribution in [-0.4, -0.2) is 34.4 Å². The molecule has 3 rings (SSSR count). The maximum Gasteiger partial charge on any atom is 0.308 e. The van der Waals surface area contributed by atoms with Gasteiger partial charge in [0.2, 0.25) is 11.5 Å². The zero-order valence-corrected chi connectivity index (χ0v) is 16.7. The molecule has 0 fully saturated rings. The summed E-state index contributed by atoms with van der Waals surface area (Å²) in [6, 6.07) is 7.76. The lowest BCUT2D eigenvalue weighted by atomic mass is 10.1. The highest BCUT2D eigenvalue weighted by Gasteiger charge is 2.20. The van der Waals surface area contributed by atoms with Gasteiger partial charge in [-0.1, -0.05) is 0 Å².